The number of para-hydroxylation sites is 1. The second-order valence-corrected chi connectivity index (χ2v) is 6.05. The van der Waals surface area contributed by atoms with Crippen molar-refractivity contribution in [3.63, 3.8) is 0 Å². The zero-order valence-electron chi connectivity index (χ0n) is 14.4. The van der Waals surface area contributed by atoms with Crippen LogP contribution < -0.4 is 5.32 Å². The molecule has 0 saturated carbocycles. The summed E-state index contributed by atoms with van der Waals surface area (Å²) in [5.41, 5.74) is 0.784. The van der Waals surface area contributed by atoms with E-state index in [0.717, 1.165) is 45.0 Å². The number of ether oxygens (including phenoxy) is 1. The number of hydrogen-bond donors (Lipinski definition) is 1. The van der Waals surface area contributed by atoms with E-state index in [-0.39, 0.29) is 10.6 Å². The van der Waals surface area contributed by atoms with Gasteiger partial charge in [0.25, 0.3) is 5.69 Å². The molecule has 1 N–H and O–H groups in total. The van der Waals surface area contributed by atoms with Crippen LogP contribution in [0.15, 0.2) is 29.3 Å². The largest absolute Gasteiger partial charge is 0.381 e. The molecule has 7 heteroatoms. The summed E-state index contributed by atoms with van der Waals surface area (Å²) < 4.78 is 5.39. The fourth-order valence-electron chi connectivity index (χ4n) is 2.91. The lowest BCUT2D eigenvalue weighted by Crippen LogP contribution is -2.39. The summed E-state index contributed by atoms with van der Waals surface area (Å²) in [5.74, 6) is 1.45. The van der Waals surface area contributed by atoms with Gasteiger partial charge in [0.1, 0.15) is 0 Å². The Bertz CT molecular complexity index is 571. The summed E-state index contributed by atoms with van der Waals surface area (Å²) in [5, 5.41) is 14.3. The molecule has 0 atom stereocenters. The van der Waals surface area contributed by atoms with Crippen LogP contribution in [0.2, 0.25) is 0 Å². The van der Waals surface area contributed by atoms with Crippen LogP contribution in [-0.2, 0) is 11.3 Å². The third kappa shape index (κ3) is 5.19. The Hall–Kier alpha value is -2.15. The number of rotatable bonds is 6. The second kappa shape index (κ2) is 9.22. The van der Waals surface area contributed by atoms with Crippen LogP contribution >= 0.6 is 0 Å². The SMILES string of the molecule is CN=C(NCc1ccccc1[N+](=O)[O-])N(C)CCC1CCOCC1. The lowest BCUT2D eigenvalue weighted by atomic mass is 9.96. The van der Waals surface area contributed by atoms with E-state index < -0.39 is 0 Å². The van der Waals surface area contributed by atoms with E-state index in [0.29, 0.717) is 18.0 Å². The van der Waals surface area contributed by atoms with Gasteiger partial charge in [-0.25, -0.2) is 0 Å². The average molecular weight is 334 g/mol. The normalized spacial score (nSPS) is 16.0. The van der Waals surface area contributed by atoms with Crippen LogP contribution in [-0.4, -0.2) is 49.6 Å². The van der Waals surface area contributed by atoms with Crippen LogP contribution in [0.1, 0.15) is 24.8 Å². The molecule has 0 aromatic heterocycles. The summed E-state index contributed by atoms with van der Waals surface area (Å²) in [7, 11) is 3.72. The van der Waals surface area contributed by atoms with Crippen molar-refractivity contribution in [1.82, 2.24) is 10.2 Å². The fourth-order valence-corrected chi connectivity index (χ4v) is 2.91. The van der Waals surface area contributed by atoms with E-state index in [1.807, 2.05) is 13.1 Å². The fraction of sp³-hybridized carbons (Fsp3) is 0.588. The van der Waals surface area contributed by atoms with Crippen LogP contribution in [0.5, 0.6) is 0 Å². The highest BCUT2D eigenvalue weighted by molar-refractivity contribution is 5.79. The number of benzene rings is 1. The average Bonchev–Trinajstić information content (AvgIpc) is 2.61. The molecule has 0 spiro atoms. The number of nitro groups is 1. The Morgan fingerprint density at radius 1 is 1.42 bits per heavy atom. The van der Waals surface area contributed by atoms with Gasteiger partial charge < -0.3 is 15.0 Å². The predicted octanol–water partition coefficient (Wildman–Crippen LogP) is 2.42. The zero-order valence-corrected chi connectivity index (χ0v) is 14.4. The Kier molecular flexibility index (Phi) is 6.99. The molecule has 0 bridgehead atoms. The molecule has 24 heavy (non-hydrogen) atoms. The molecule has 7 nitrogen and oxygen atoms in total. The van der Waals surface area contributed by atoms with Crippen LogP contribution in [0.25, 0.3) is 0 Å². The molecule has 1 aromatic rings. The minimum Gasteiger partial charge on any atom is -0.381 e. The monoisotopic (exact) mass is 334 g/mol. The van der Waals surface area contributed by atoms with Gasteiger partial charge in [0.05, 0.1) is 4.92 Å². The van der Waals surface area contributed by atoms with E-state index in [4.69, 9.17) is 4.74 Å². The van der Waals surface area contributed by atoms with Crippen LogP contribution in [0, 0.1) is 16.0 Å². The molecule has 2 rings (SSSR count). The molecule has 1 aliphatic heterocycles. The van der Waals surface area contributed by atoms with E-state index in [2.05, 4.69) is 15.2 Å². The van der Waals surface area contributed by atoms with Crippen molar-refractivity contribution < 1.29 is 9.66 Å². The second-order valence-electron chi connectivity index (χ2n) is 6.05. The van der Waals surface area contributed by atoms with Crippen molar-refractivity contribution in [2.75, 3.05) is 33.9 Å². The van der Waals surface area contributed by atoms with Gasteiger partial charge in [0, 0.05) is 52.0 Å². The maximum absolute atomic E-state index is 11.1. The van der Waals surface area contributed by atoms with E-state index >= 15 is 0 Å². The van der Waals surface area contributed by atoms with E-state index in [1.165, 1.54) is 6.07 Å². The third-order valence-corrected chi connectivity index (χ3v) is 4.41. The number of aliphatic imine (C=N–C) groups is 1. The van der Waals surface area contributed by atoms with E-state index in [9.17, 15) is 10.1 Å². The van der Waals surface area contributed by atoms with Crippen LogP contribution in [0.3, 0.4) is 0 Å². The van der Waals surface area contributed by atoms with Crippen molar-refractivity contribution in [3.8, 4) is 0 Å². The molecule has 1 heterocycles. The van der Waals surface area contributed by atoms with Crippen molar-refractivity contribution in [2.24, 2.45) is 10.9 Å². The van der Waals surface area contributed by atoms with Gasteiger partial charge in [0.15, 0.2) is 5.96 Å². The molecule has 1 fully saturated rings. The first kappa shape index (κ1) is 18.2. The smallest absolute Gasteiger partial charge is 0.274 e. The number of nitrogens with zero attached hydrogens (tertiary/aromatic N) is 3. The van der Waals surface area contributed by atoms with Gasteiger partial charge in [-0.1, -0.05) is 18.2 Å². The van der Waals surface area contributed by atoms with Crippen molar-refractivity contribution in [3.05, 3.63) is 39.9 Å². The molecular weight excluding hydrogens is 308 g/mol. The van der Waals surface area contributed by atoms with Crippen molar-refractivity contribution in [2.45, 2.75) is 25.8 Å². The minimum atomic E-state index is -0.353. The Morgan fingerprint density at radius 3 is 2.79 bits per heavy atom. The number of guanidine groups is 1. The number of hydrogen-bond acceptors (Lipinski definition) is 4. The first-order valence-corrected chi connectivity index (χ1v) is 8.33. The molecule has 1 saturated heterocycles. The highest BCUT2D eigenvalue weighted by Crippen LogP contribution is 2.19. The van der Waals surface area contributed by atoms with Gasteiger partial charge >= 0.3 is 0 Å². The first-order valence-electron chi connectivity index (χ1n) is 8.33. The Morgan fingerprint density at radius 2 is 2.12 bits per heavy atom. The lowest BCUT2D eigenvalue weighted by Gasteiger charge is -2.26. The number of nitrogens with one attached hydrogen (secondary N) is 1. The maximum atomic E-state index is 11.1. The molecule has 0 radical (unpaired) electrons. The zero-order chi connectivity index (χ0) is 17.4. The van der Waals surface area contributed by atoms with Crippen molar-refractivity contribution in [1.29, 1.82) is 0 Å². The van der Waals surface area contributed by atoms with Gasteiger partial charge in [-0.3, -0.25) is 15.1 Å². The Balaban J connectivity index is 1.86. The van der Waals surface area contributed by atoms with Gasteiger partial charge in [-0.2, -0.15) is 0 Å². The topological polar surface area (TPSA) is 80.0 Å². The van der Waals surface area contributed by atoms with Crippen molar-refractivity contribution >= 4 is 11.6 Å². The molecule has 1 aliphatic rings. The molecule has 1 aromatic carbocycles. The lowest BCUT2D eigenvalue weighted by molar-refractivity contribution is -0.385. The molecule has 0 aliphatic carbocycles. The summed E-state index contributed by atoms with van der Waals surface area (Å²) in [6, 6.07) is 6.77. The van der Waals surface area contributed by atoms with E-state index in [1.54, 1.807) is 19.2 Å². The highest BCUT2D eigenvalue weighted by atomic mass is 16.6. The predicted molar refractivity (Wildman–Crippen MR) is 94.1 cm³/mol. The van der Waals surface area contributed by atoms with Gasteiger partial charge in [0.2, 0.25) is 0 Å². The summed E-state index contributed by atoms with van der Waals surface area (Å²) >= 11 is 0. The quantitative estimate of drug-likeness (QED) is 0.374. The molecule has 0 amide bonds. The van der Waals surface area contributed by atoms with Gasteiger partial charge in [-0.05, 0) is 25.2 Å². The summed E-state index contributed by atoms with van der Waals surface area (Å²) in [6.07, 6.45) is 3.35. The summed E-state index contributed by atoms with van der Waals surface area (Å²) in [6.45, 7) is 3.00. The molecule has 0 unspecified atom stereocenters. The summed E-state index contributed by atoms with van der Waals surface area (Å²) in [4.78, 5) is 17.1. The van der Waals surface area contributed by atoms with Gasteiger partial charge in [-0.15, -0.1) is 0 Å². The number of nitro benzene ring substituents is 1. The first-order chi connectivity index (χ1) is 11.6. The highest BCUT2D eigenvalue weighted by Gasteiger charge is 2.16. The Labute approximate surface area is 142 Å². The standard InChI is InChI=1S/C17H26N4O3/c1-18-17(20(2)10-7-14-8-11-24-12-9-14)19-13-15-5-3-4-6-16(15)21(22)23/h3-6,14H,7-13H2,1-2H3,(H,18,19). The van der Waals surface area contributed by atoms with Crippen LogP contribution in [0.4, 0.5) is 5.69 Å². The third-order valence-electron chi connectivity index (χ3n) is 4.41. The minimum absolute atomic E-state index is 0.130. The molecular formula is C17H26N4O3. The molecule has 132 valence electrons. The maximum Gasteiger partial charge on any atom is 0.274 e.